The van der Waals surface area contributed by atoms with Gasteiger partial charge in [-0.05, 0) is 27.7 Å². The first-order valence-electron chi connectivity index (χ1n) is 30.1. The summed E-state index contributed by atoms with van der Waals surface area (Å²) in [6, 6.07) is 0. The fraction of sp³-hybridized carbons (Fsp3) is 0.596. The number of aromatic nitrogens is 10. The fourth-order valence-corrected chi connectivity index (χ4v) is 15.1. The van der Waals surface area contributed by atoms with E-state index in [1.165, 1.54) is 79.2 Å². The number of ether oxygens (including phenoxy) is 8. The first kappa shape index (κ1) is 78.6. The second-order valence-electron chi connectivity index (χ2n) is 22.7. The number of nitrogens with zero attached hydrogens (tertiary/aromatic N) is 8. The summed E-state index contributed by atoms with van der Waals surface area (Å²) >= 11 is 15.2. The lowest BCUT2D eigenvalue weighted by Crippen LogP contribution is -2.43. The molecule has 4 fully saturated rings. The van der Waals surface area contributed by atoms with Gasteiger partial charge in [0.15, 0.2) is 36.4 Å². The maximum atomic E-state index is 15.2. The highest BCUT2D eigenvalue weighted by Crippen LogP contribution is 2.58. The molecule has 4 saturated heterocycles. The Morgan fingerprint density at radius 2 is 1.00 bits per heavy atom. The Hall–Kier alpha value is -6.53. The lowest BCUT2D eigenvalue weighted by atomic mass is 10.1. The number of carbonyl (C=O) groups excluding carboxylic acids is 4. The van der Waals surface area contributed by atoms with Crippen LogP contribution in [0, 0.1) is 20.8 Å². The monoisotopic (exact) mass is 1540 g/mol. The molecule has 556 valence electrons. The predicted octanol–water partition coefficient (Wildman–Crippen LogP) is -5.82. The van der Waals surface area contributed by atoms with Crippen molar-refractivity contribution < 1.29 is 104 Å². The molecule has 0 spiro atoms. The average Bonchev–Trinajstić information content (AvgIpc) is 1.63. The van der Waals surface area contributed by atoms with Crippen molar-refractivity contribution in [3.8, 4) is 0 Å². The van der Waals surface area contributed by atoms with Crippen molar-refractivity contribution in [3.63, 3.8) is 0 Å². The second-order valence-corrected chi connectivity index (χ2v) is 31.0. The van der Waals surface area contributed by atoms with Gasteiger partial charge in [0, 0.05) is 63.5 Å². The molecule has 101 heavy (non-hydrogen) atoms. The summed E-state index contributed by atoms with van der Waals surface area (Å²) in [6.45, 7) is -15.3. The lowest BCUT2D eigenvalue weighted by Gasteiger charge is -2.35. The van der Waals surface area contributed by atoms with E-state index in [0.29, 0.717) is 5.56 Å². The van der Waals surface area contributed by atoms with Crippen molar-refractivity contribution >= 4 is 103 Å². The molecule has 43 nitrogen and oxygen atoms in total. The third kappa shape index (κ3) is 18.5. The standard InChI is InChI=1S/C52H73N16O27P3S3/c1-21-9-65(50(76)62-41(21)53)46-37(82-15-28(69)55-5)33(73)25(90-46)12-86-97(80,100)94-35-26(91-48(39(35)84-17-30(71)57-7)67-11-23(3)45(75)64-52(67)78)13-88-98(81,101)95-36-27(92-49(40(36)85-18-31(72)58-8)68-20-61-32-42(54)59-19-60-43(32)68)14-87-96(79,99)93-34-24(4)89-47(38(34)83-16-29(70)56-6)66-10-22(2)44(74)63-51(66)77/h9-11,19-20,24-27,33-40,46-49,73H,12-18H2,1-8H3,(H,55,69)(H,56,70)(H,57,71)(H,58,72)(H,79,99)(H,80,100)(H,81,101)(H2,53,62,76)(H2,54,59,60)(H,63,74,77)(H,64,75,78)/p-2/t24-,25-,26-,27-,33+,34+,35+,36+,37?,38?,39?,40?,46-,47-,48-,49-,96?,97?,98?/m1/s1. The van der Waals surface area contributed by atoms with Crippen molar-refractivity contribution in [2.75, 3.05) is 85.9 Å². The van der Waals surface area contributed by atoms with Crippen LogP contribution in [0.4, 0.5) is 11.6 Å². The summed E-state index contributed by atoms with van der Waals surface area (Å²) in [5.74, 6) is -3.01. The molecule has 49 heteroatoms. The number of hydrogen-bond donors (Lipinski definition) is 10. The van der Waals surface area contributed by atoms with E-state index < -0.39 is 216 Å². The highest BCUT2D eigenvalue weighted by Gasteiger charge is 2.55. The summed E-state index contributed by atoms with van der Waals surface area (Å²) in [7, 11) is 5.18. The number of aromatic amines is 2. The first-order chi connectivity index (χ1) is 47.7. The minimum atomic E-state index is -5.13. The maximum absolute atomic E-state index is 15.2. The van der Waals surface area contributed by atoms with Crippen LogP contribution in [0.5, 0.6) is 0 Å². The number of amides is 4. The van der Waals surface area contributed by atoms with Crippen LogP contribution in [0.3, 0.4) is 0 Å². The number of H-pyrrole nitrogens is 2. The van der Waals surface area contributed by atoms with Crippen molar-refractivity contribution in [2.24, 2.45) is 0 Å². The van der Waals surface area contributed by atoms with E-state index >= 15 is 4.57 Å². The number of anilines is 2. The number of thiol groups is 1. The van der Waals surface area contributed by atoms with Crippen molar-refractivity contribution in [2.45, 2.75) is 126 Å². The summed E-state index contributed by atoms with van der Waals surface area (Å²) in [5, 5.41) is 21.1. The number of carbonyl (C=O) groups is 4. The number of fused-ring (bicyclic) bond motifs is 1. The van der Waals surface area contributed by atoms with Crippen LogP contribution in [0.15, 0.2) is 55.2 Å². The minimum absolute atomic E-state index is 0.00475. The summed E-state index contributed by atoms with van der Waals surface area (Å²) in [5.41, 5.74) is 7.79. The molecule has 11 N–H and O–H groups in total. The molecule has 0 radical (unpaired) electrons. The number of nitrogens with two attached hydrogens (primary N) is 2. The van der Waals surface area contributed by atoms with Crippen LogP contribution < -0.4 is 70.7 Å². The van der Waals surface area contributed by atoms with Gasteiger partial charge in [-0.15, -0.1) is 0 Å². The molecule has 0 bridgehead atoms. The molecule has 7 unspecified atom stereocenters. The van der Waals surface area contributed by atoms with E-state index in [-0.39, 0.29) is 33.9 Å². The second kappa shape index (κ2) is 33.1. The first-order valence-corrected chi connectivity index (χ1v) is 37.9. The maximum Gasteiger partial charge on any atom is 0.386 e. The van der Waals surface area contributed by atoms with Gasteiger partial charge in [-0.2, -0.15) is 4.98 Å². The summed E-state index contributed by atoms with van der Waals surface area (Å²) in [6.07, 6.45) is -20.4. The minimum Gasteiger partial charge on any atom is -0.780 e. The molecule has 4 aliphatic rings. The molecule has 5 aromatic heterocycles. The largest absolute Gasteiger partial charge is 0.780 e. The number of likely N-dealkylation sites (N-methyl/N-ethyl adjacent to an activating group) is 4. The van der Waals surface area contributed by atoms with E-state index in [0.717, 1.165) is 26.2 Å². The smallest absolute Gasteiger partial charge is 0.386 e. The van der Waals surface area contributed by atoms with Crippen LogP contribution in [0.25, 0.3) is 11.2 Å². The molecule has 9 rings (SSSR count). The number of rotatable bonds is 31. The average molecular weight is 1540 g/mol. The molecule has 0 saturated carbocycles. The van der Waals surface area contributed by atoms with Crippen molar-refractivity contribution in [3.05, 3.63) is 100 Å². The number of nitrogens with one attached hydrogen (secondary N) is 6. The Morgan fingerprint density at radius 1 is 0.584 bits per heavy atom. The number of hydrogen-bond acceptors (Lipinski definition) is 35. The number of aliphatic hydroxyl groups excluding tert-OH is 1. The van der Waals surface area contributed by atoms with E-state index in [9.17, 15) is 58.0 Å². The van der Waals surface area contributed by atoms with E-state index in [2.05, 4.69) is 63.4 Å². The van der Waals surface area contributed by atoms with Gasteiger partial charge in [-0.3, -0.25) is 66.1 Å². The fourth-order valence-electron chi connectivity index (χ4n) is 10.7. The van der Waals surface area contributed by atoms with Crippen molar-refractivity contribution in [1.82, 2.24) is 69.4 Å². The predicted molar refractivity (Wildman–Crippen MR) is 350 cm³/mol. The van der Waals surface area contributed by atoms with Crippen LogP contribution in [0.1, 0.15) is 48.5 Å². The lowest BCUT2D eigenvalue weighted by molar-refractivity contribution is -0.219. The van der Waals surface area contributed by atoms with E-state index in [1.807, 2.05) is 0 Å². The quantitative estimate of drug-likeness (QED) is 0.0146. The molecule has 9 heterocycles. The van der Waals surface area contributed by atoms with Crippen LogP contribution in [-0.2, 0) is 112 Å². The molecule has 0 aromatic carbocycles. The van der Waals surface area contributed by atoms with Crippen molar-refractivity contribution in [1.29, 1.82) is 0 Å². The van der Waals surface area contributed by atoms with E-state index in [1.54, 1.807) is 0 Å². The number of nitrogen functional groups attached to an aromatic ring is 2. The third-order valence-electron chi connectivity index (χ3n) is 15.9. The van der Waals surface area contributed by atoms with E-state index in [4.69, 9.17) is 100 Å². The Bertz CT molecular complexity index is 4360. The zero-order valence-electron chi connectivity index (χ0n) is 54.5. The van der Waals surface area contributed by atoms with Gasteiger partial charge in [0.25, 0.3) is 11.1 Å². The van der Waals surface area contributed by atoms with Gasteiger partial charge < -0.3 is 104 Å². The Labute approximate surface area is 584 Å². The third-order valence-corrected chi connectivity index (χ3v) is 20.6. The SMILES string of the molecule is CNC(=O)COC1[C@@H](O)[C@@H](COP([O-])(=S)O[C@@H]2C(OCC(=O)NC)[C@H](n3cc(C)c(=O)[nH]c3=O)O[C@@H]2COP(=O)(S)O[C@@H]2C(OCC(=O)NC)[C@H](n3cnc4c(N)ncnc43)O[C@@H]2COP([O-])(=S)O[C@@H]2C(OCC(=O)NC)[C@H](n3cc(C)c(=O)[nH]c3=O)O[C@@H]2C)O[C@H]1n1cc(C)c(N)nc1=O. The topological polar surface area (TPSA) is 569 Å². The van der Waals surface area contributed by atoms with Gasteiger partial charge in [0.2, 0.25) is 23.6 Å². The Balaban J connectivity index is 1.03. The molecular formula is C52H71N16O27P3S3-2. The van der Waals surface area contributed by atoms with Gasteiger partial charge in [-0.1, -0.05) is 35.9 Å². The van der Waals surface area contributed by atoms with Gasteiger partial charge in [-0.25, -0.2) is 33.9 Å². The van der Waals surface area contributed by atoms with Crippen LogP contribution >= 0.6 is 32.5 Å². The highest BCUT2D eigenvalue weighted by molar-refractivity contribution is 8.44. The Morgan fingerprint density at radius 3 is 1.51 bits per heavy atom. The van der Waals surface area contributed by atoms with Gasteiger partial charge in [0.05, 0.1) is 32.3 Å². The summed E-state index contributed by atoms with van der Waals surface area (Å²) < 4.78 is 103. The normalized spacial score (nSPS) is 28.3. The van der Waals surface area contributed by atoms with Crippen LogP contribution in [0.2, 0.25) is 0 Å². The molecule has 0 aliphatic carbocycles. The molecular weight excluding hydrogens is 1470 g/mol. The number of imidazole rings is 1. The van der Waals surface area contributed by atoms with Gasteiger partial charge in [0.1, 0.15) is 125 Å². The Kier molecular flexibility index (Phi) is 25.7. The van der Waals surface area contributed by atoms with Gasteiger partial charge >= 0.3 is 23.9 Å². The summed E-state index contributed by atoms with van der Waals surface area (Å²) in [4.78, 5) is 166. The number of aliphatic hydroxyl groups is 1. The molecule has 5 aromatic rings. The molecule has 4 aliphatic heterocycles. The zero-order valence-corrected chi connectivity index (χ0v) is 59.7. The zero-order chi connectivity index (χ0) is 73.7. The van der Waals surface area contributed by atoms with Crippen LogP contribution in [-0.4, -0.2) is 225 Å². The molecule has 19 atom stereocenters. The highest BCUT2D eigenvalue weighted by atomic mass is 32.7. The number of aryl methyl sites for hydroxylation is 3. The molecule has 4 amide bonds.